The van der Waals surface area contributed by atoms with Gasteiger partial charge in [0.1, 0.15) is 73.2 Å². The summed E-state index contributed by atoms with van der Waals surface area (Å²) >= 11 is 0. The highest BCUT2D eigenvalue weighted by Crippen LogP contribution is 2.33. The van der Waals surface area contributed by atoms with Crippen LogP contribution in [-0.2, 0) is 33.2 Å². The maximum absolute atomic E-state index is 13.4. The zero-order valence-electron chi connectivity index (χ0n) is 54.5. The van der Waals surface area contributed by atoms with Crippen molar-refractivity contribution < 1.29 is 89.4 Å². The van der Waals surface area contributed by atoms with Gasteiger partial charge in [0.05, 0.1) is 38.6 Å². The van der Waals surface area contributed by atoms with Crippen LogP contribution in [0.1, 0.15) is 264 Å². The fourth-order valence-electron chi connectivity index (χ4n) is 11.9. The van der Waals surface area contributed by atoms with Crippen LogP contribution in [0, 0.1) is 0 Å². The summed E-state index contributed by atoms with van der Waals surface area (Å²) in [4.78, 5) is 13.4. The van der Waals surface area contributed by atoms with Crippen molar-refractivity contribution in [3.05, 3.63) is 36.5 Å². The molecule has 17 unspecified atom stereocenters. The molecule has 0 bridgehead atoms. The second-order valence-electron chi connectivity index (χ2n) is 25.3. The van der Waals surface area contributed by atoms with E-state index in [-0.39, 0.29) is 18.9 Å². The molecule has 0 saturated carbocycles. The number of rotatable bonds is 54. The number of hydrogen-bond donors (Lipinski definition) is 12. The quantitative estimate of drug-likeness (QED) is 0.0199. The van der Waals surface area contributed by atoms with Gasteiger partial charge in [-0.25, -0.2) is 0 Å². The minimum Gasteiger partial charge on any atom is -0.394 e. The zero-order valence-corrected chi connectivity index (χ0v) is 54.5. The minimum atomic E-state index is -1.98. The van der Waals surface area contributed by atoms with Gasteiger partial charge in [0.15, 0.2) is 18.9 Å². The van der Waals surface area contributed by atoms with Crippen molar-refractivity contribution in [2.24, 2.45) is 0 Å². The first-order valence-electron chi connectivity index (χ1n) is 35.2. The minimum absolute atomic E-state index is 0.226. The van der Waals surface area contributed by atoms with Gasteiger partial charge in [0.25, 0.3) is 0 Å². The molecule has 0 spiro atoms. The van der Waals surface area contributed by atoms with Crippen LogP contribution < -0.4 is 5.32 Å². The predicted molar refractivity (Wildman–Crippen MR) is 342 cm³/mol. The summed E-state index contributed by atoms with van der Waals surface area (Å²) in [6.45, 7) is 1.72. The Hall–Kier alpha value is -1.99. The Balaban J connectivity index is 1.44. The van der Waals surface area contributed by atoms with Gasteiger partial charge in [-0.15, -0.1) is 0 Å². The molecule has 0 aromatic rings. The molecule has 3 fully saturated rings. The highest BCUT2D eigenvalue weighted by Gasteiger charge is 2.53. The number of aliphatic hydroxyl groups excluding tert-OH is 11. The molecule has 3 saturated heterocycles. The topological polar surface area (TPSA) is 307 Å². The molecule has 19 heteroatoms. The fourth-order valence-corrected chi connectivity index (χ4v) is 11.9. The molecular weight excluding hydrogens is 1130 g/mol. The summed E-state index contributed by atoms with van der Waals surface area (Å²) in [5, 5.41) is 120. The number of amides is 1. The summed E-state index contributed by atoms with van der Waals surface area (Å²) in [5.74, 6) is -0.292. The second kappa shape index (κ2) is 51.4. The molecule has 3 heterocycles. The maximum Gasteiger partial charge on any atom is 0.220 e. The number of aliphatic hydroxyl groups is 11. The van der Waals surface area contributed by atoms with E-state index in [0.717, 1.165) is 57.8 Å². The van der Waals surface area contributed by atoms with E-state index in [1.54, 1.807) is 6.08 Å². The highest BCUT2D eigenvalue weighted by molar-refractivity contribution is 5.76. The Labute approximate surface area is 530 Å². The Morgan fingerprint density at radius 3 is 1.14 bits per heavy atom. The lowest BCUT2D eigenvalue weighted by molar-refractivity contribution is -0.379. The first kappa shape index (κ1) is 80.2. The Kier molecular flexibility index (Phi) is 46.9. The number of allylic oxidation sites excluding steroid dienone is 5. The van der Waals surface area contributed by atoms with Gasteiger partial charge in [-0.1, -0.05) is 237 Å². The molecule has 0 aliphatic carbocycles. The molecule has 12 N–H and O–H groups in total. The normalized spacial score (nSPS) is 28.6. The van der Waals surface area contributed by atoms with Gasteiger partial charge in [-0.05, 0) is 57.8 Å². The Morgan fingerprint density at radius 2 is 0.727 bits per heavy atom. The zero-order chi connectivity index (χ0) is 64.0. The molecule has 0 aromatic carbocycles. The molecule has 88 heavy (non-hydrogen) atoms. The van der Waals surface area contributed by atoms with Crippen molar-refractivity contribution in [2.75, 3.05) is 26.4 Å². The van der Waals surface area contributed by atoms with Crippen molar-refractivity contribution in [1.82, 2.24) is 5.32 Å². The maximum atomic E-state index is 13.4. The highest BCUT2D eigenvalue weighted by atomic mass is 16.8. The average molecular weight is 1260 g/mol. The van der Waals surface area contributed by atoms with Gasteiger partial charge >= 0.3 is 0 Å². The van der Waals surface area contributed by atoms with Gasteiger partial charge in [0, 0.05) is 6.42 Å². The van der Waals surface area contributed by atoms with Crippen molar-refractivity contribution >= 4 is 5.91 Å². The predicted octanol–water partition coefficient (Wildman–Crippen LogP) is 9.22. The molecule has 516 valence electrons. The van der Waals surface area contributed by atoms with Gasteiger partial charge < -0.3 is 89.9 Å². The number of nitrogens with one attached hydrogen (secondary N) is 1. The van der Waals surface area contributed by atoms with Crippen LogP contribution in [0.4, 0.5) is 0 Å². The van der Waals surface area contributed by atoms with Crippen LogP contribution in [0.5, 0.6) is 0 Å². The standard InChI is InChI=1S/C69H127NO18/c1-3-5-7-9-11-13-15-17-19-21-22-23-24-25-26-27-28-29-30-31-32-34-36-38-40-42-44-46-53(74)52(70-57(75)47-45-43-41-39-37-35-33-20-18-16-14-12-10-8-6-4-2)51-83-67-63(81)60(78)65(55(49-72)85-67)88-69-64(82)61(79)66(56(50-73)86-69)87-68-62(80)59(77)58(76)54(48-71)84-68/h20,33,36,38,44,46,52-56,58-69,71-74,76-82H,3-19,21-32,34-35,37,39-43,45,47-51H2,1-2H3,(H,70,75)/b33-20-,38-36+,46-44+. The molecule has 1 amide bonds. The fraction of sp³-hybridized carbons (Fsp3) is 0.899. The molecule has 3 rings (SSSR count). The van der Waals surface area contributed by atoms with E-state index in [1.807, 2.05) is 6.08 Å². The summed E-state index contributed by atoms with van der Waals surface area (Å²) in [7, 11) is 0. The van der Waals surface area contributed by atoms with Crippen molar-refractivity contribution in [3.63, 3.8) is 0 Å². The second-order valence-corrected chi connectivity index (χ2v) is 25.3. The van der Waals surface area contributed by atoms with Crippen LogP contribution in [0.25, 0.3) is 0 Å². The number of carbonyl (C=O) groups is 1. The van der Waals surface area contributed by atoms with Crippen molar-refractivity contribution in [1.29, 1.82) is 0 Å². The van der Waals surface area contributed by atoms with E-state index in [2.05, 4.69) is 43.5 Å². The number of hydrogen-bond acceptors (Lipinski definition) is 18. The summed E-state index contributed by atoms with van der Waals surface area (Å²) in [6, 6.07) is -0.994. The molecule has 19 nitrogen and oxygen atoms in total. The first-order chi connectivity index (χ1) is 42.8. The molecule has 0 radical (unpaired) electrons. The third-order valence-corrected chi connectivity index (χ3v) is 17.7. The number of ether oxygens (including phenoxy) is 6. The van der Waals surface area contributed by atoms with Crippen LogP contribution in [-0.4, -0.2) is 193 Å². The largest absolute Gasteiger partial charge is 0.394 e. The molecule has 3 aliphatic rings. The lowest BCUT2D eigenvalue weighted by atomic mass is 9.96. The van der Waals surface area contributed by atoms with Gasteiger partial charge in [-0.3, -0.25) is 4.79 Å². The molecular formula is C69H127NO18. The van der Waals surface area contributed by atoms with Crippen LogP contribution >= 0.6 is 0 Å². The third kappa shape index (κ3) is 33.2. The van der Waals surface area contributed by atoms with E-state index in [1.165, 1.54) is 173 Å². The van der Waals surface area contributed by atoms with Crippen LogP contribution in [0.15, 0.2) is 36.5 Å². The summed E-state index contributed by atoms with van der Waals surface area (Å²) < 4.78 is 34.3. The first-order valence-corrected chi connectivity index (χ1v) is 35.2. The van der Waals surface area contributed by atoms with Crippen LogP contribution in [0.2, 0.25) is 0 Å². The number of unbranched alkanes of at least 4 members (excludes halogenated alkanes) is 34. The monoisotopic (exact) mass is 1260 g/mol. The Bertz CT molecular complexity index is 1740. The Morgan fingerprint density at radius 1 is 0.398 bits per heavy atom. The van der Waals surface area contributed by atoms with E-state index >= 15 is 0 Å². The molecule has 17 atom stereocenters. The van der Waals surface area contributed by atoms with E-state index in [9.17, 15) is 61.0 Å². The molecule has 0 aromatic heterocycles. The van der Waals surface area contributed by atoms with Gasteiger partial charge in [0.2, 0.25) is 5.91 Å². The lowest BCUT2D eigenvalue weighted by Gasteiger charge is -2.48. The summed E-state index contributed by atoms with van der Waals surface area (Å²) in [5.41, 5.74) is 0. The van der Waals surface area contributed by atoms with Crippen LogP contribution in [0.3, 0.4) is 0 Å². The van der Waals surface area contributed by atoms with Crippen molar-refractivity contribution in [3.8, 4) is 0 Å². The van der Waals surface area contributed by atoms with E-state index in [4.69, 9.17) is 28.4 Å². The lowest BCUT2D eigenvalue weighted by Crippen LogP contribution is -2.66. The number of carbonyl (C=O) groups excluding carboxylic acids is 1. The third-order valence-electron chi connectivity index (χ3n) is 17.7. The van der Waals surface area contributed by atoms with E-state index in [0.29, 0.717) is 12.8 Å². The molecule has 3 aliphatic heterocycles. The van der Waals surface area contributed by atoms with Gasteiger partial charge in [-0.2, -0.15) is 0 Å². The average Bonchev–Trinajstić information content (AvgIpc) is 3.72. The summed E-state index contributed by atoms with van der Waals surface area (Å²) in [6.07, 6.45) is 32.8. The SMILES string of the molecule is CCCCCCCCC/C=C\CCCCCCCC(=O)NC(COC1OC(CO)C(OC2OC(CO)C(OC3OC(CO)C(O)C(O)C3O)C(O)C2O)C(O)C1O)C(O)/C=C/CC/C=C/CCCCCCCCCCCCCCCCCCCCCCC. The van der Waals surface area contributed by atoms with E-state index < -0.39 is 124 Å². The smallest absolute Gasteiger partial charge is 0.220 e. The van der Waals surface area contributed by atoms with Crippen molar-refractivity contribution in [2.45, 2.75) is 369 Å².